The van der Waals surface area contributed by atoms with Crippen LogP contribution in [-0.4, -0.2) is 47.1 Å². The normalized spacial score (nSPS) is 25.6. The molecule has 0 aromatic carbocycles. The van der Waals surface area contributed by atoms with Crippen molar-refractivity contribution in [3.05, 3.63) is 0 Å². The lowest BCUT2D eigenvalue weighted by Crippen LogP contribution is -2.51. The highest BCUT2D eigenvalue weighted by atomic mass is 16.4. The Morgan fingerprint density at radius 1 is 1.50 bits per heavy atom. The Kier molecular flexibility index (Phi) is 4.29. The Balaban J connectivity index is 2.53. The van der Waals surface area contributed by atoms with E-state index in [0.717, 1.165) is 12.8 Å². The van der Waals surface area contributed by atoms with E-state index in [2.05, 4.69) is 5.32 Å². The van der Waals surface area contributed by atoms with E-state index in [1.54, 1.807) is 11.8 Å². The van der Waals surface area contributed by atoms with Crippen molar-refractivity contribution in [2.75, 3.05) is 19.6 Å². The van der Waals surface area contributed by atoms with Gasteiger partial charge < -0.3 is 10.4 Å². The van der Waals surface area contributed by atoms with Crippen molar-refractivity contribution >= 4 is 11.9 Å². The van der Waals surface area contributed by atoms with Gasteiger partial charge in [-0.1, -0.05) is 6.92 Å². The van der Waals surface area contributed by atoms with Crippen LogP contribution in [-0.2, 0) is 9.59 Å². The molecule has 0 aromatic heterocycles. The fourth-order valence-electron chi connectivity index (χ4n) is 2.01. The number of hydrogen-bond donors (Lipinski definition) is 2. The Morgan fingerprint density at radius 2 is 2.19 bits per heavy atom. The summed E-state index contributed by atoms with van der Waals surface area (Å²) in [5.41, 5.74) is -0.871. The maximum Gasteiger partial charge on any atom is 0.323 e. The third-order valence-electron chi connectivity index (χ3n) is 3.16. The topological polar surface area (TPSA) is 69.6 Å². The highest BCUT2D eigenvalue weighted by molar-refractivity contribution is 5.82. The van der Waals surface area contributed by atoms with Crippen LogP contribution in [0.25, 0.3) is 0 Å². The summed E-state index contributed by atoms with van der Waals surface area (Å²) in [4.78, 5) is 24.4. The molecule has 0 aromatic rings. The van der Waals surface area contributed by atoms with Gasteiger partial charge in [0.05, 0.1) is 6.54 Å². The van der Waals surface area contributed by atoms with Gasteiger partial charge in [0.15, 0.2) is 0 Å². The number of carboxylic acids is 1. The highest BCUT2D eigenvalue weighted by Gasteiger charge is 2.43. The van der Waals surface area contributed by atoms with Crippen LogP contribution in [0.5, 0.6) is 0 Å². The molecule has 1 fully saturated rings. The van der Waals surface area contributed by atoms with Gasteiger partial charge in [-0.2, -0.15) is 0 Å². The lowest BCUT2D eigenvalue weighted by molar-refractivity contribution is -0.149. The SMILES string of the molecule is CCCNC(=O)CN1CCCC1(C)C(=O)O. The lowest BCUT2D eigenvalue weighted by Gasteiger charge is -2.30. The molecule has 1 amide bonds. The molecule has 0 radical (unpaired) electrons. The first-order valence-corrected chi connectivity index (χ1v) is 5.76. The van der Waals surface area contributed by atoms with E-state index in [-0.39, 0.29) is 12.5 Å². The Labute approximate surface area is 95.8 Å². The lowest BCUT2D eigenvalue weighted by atomic mass is 9.99. The van der Waals surface area contributed by atoms with E-state index in [4.69, 9.17) is 5.11 Å². The van der Waals surface area contributed by atoms with E-state index in [1.165, 1.54) is 0 Å². The minimum absolute atomic E-state index is 0.0868. The van der Waals surface area contributed by atoms with Crippen molar-refractivity contribution < 1.29 is 14.7 Å². The molecular weight excluding hydrogens is 208 g/mol. The summed E-state index contributed by atoms with van der Waals surface area (Å²) >= 11 is 0. The predicted molar refractivity (Wildman–Crippen MR) is 60.1 cm³/mol. The summed E-state index contributed by atoms with van der Waals surface area (Å²) in [7, 11) is 0. The number of aliphatic carboxylic acids is 1. The van der Waals surface area contributed by atoms with Crippen molar-refractivity contribution in [1.82, 2.24) is 10.2 Å². The number of rotatable bonds is 5. The van der Waals surface area contributed by atoms with E-state index < -0.39 is 11.5 Å². The molecule has 2 N–H and O–H groups in total. The molecule has 5 heteroatoms. The Bertz CT molecular complexity index is 280. The van der Waals surface area contributed by atoms with Crippen molar-refractivity contribution in [3.8, 4) is 0 Å². The number of nitrogens with zero attached hydrogens (tertiary/aromatic N) is 1. The molecule has 1 saturated heterocycles. The summed E-state index contributed by atoms with van der Waals surface area (Å²) in [6.45, 7) is 5.19. The van der Waals surface area contributed by atoms with Gasteiger partial charge in [0.2, 0.25) is 5.91 Å². The van der Waals surface area contributed by atoms with Crippen molar-refractivity contribution in [3.63, 3.8) is 0 Å². The zero-order valence-corrected chi connectivity index (χ0v) is 9.95. The second-order valence-corrected chi connectivity index (χ2v) is 4.45. The third-order valence-corrected chi connectivity index (χ3v) is 3.16. The van der Waals surface area contributed by atoms with Gasteiger partial charge in [-0.25, -0.2) is 0 Å². The molecule has 1 aliphatic rings. The smallest absolute Gasteiger partial charge is 0.323 e. The molecule has 1 atom stereocenters. The minimum Gasteiger partial charge on any atom is -0.480 e. The standard InChI is InChI=1S/C11H20N2O3/c1-3-6-12-9(14)8-13-7-4-5-11(13,2)10(15)16/h3-8H2,1-2H3,(H,12,14)(H,15,16). The Morgan fingerprint density at radius 3 is 2.75 bits per heavy atom. The average molecular weight is 228 g/mol. The van der Waals surface area contributed by atoms with Gasteiger partial charge in [-0.3, -0.25) is 14.5 Å². The number of nitrogens with one attached hydrogen (secondary N) is 1. The molecule has 1 heterocycles. The van der Waals surface area contributed by atoms with E-state index in [1.807, 2.05) is 6.92 Å². The zero-order chi connectivity index (χ0) is 12.2. The van der Waals surface area contributed by atoms with Crippen LogP contribution >= 0.6 is 0 Å². The Hall–Kier alpha value is -1.10. The molecule has 1 rings (SSSR count). The molecule has 16 heavy (non-hydrogen) atoms. The van der Waals surface area contributed by atoms with Crippen LogP contribution in [0.4, 0.5) is 0 Å². The molecule has 1 aliphatic heterocycles. The summed E-state index contributed by atoms with van der Waals surface area (Å²) in [5.74, 6) is -0.926. The summed E-state index contributed by atoms with van der Waals surface area (Å²) in [5, 5.41) is 11.9. The van der Waals surface area contributed by atoms with Crippen LogP contribution in [0, 0.1) is 0 Å². The largest absolute Gasteiger partial charge is 0.480 e. The van der Waals surface area contributed by atoms with Gasteiger partial charge in [-0.15, -0.1) is 0 Å². The minimum atomic E-state index is -0.871. The molecule has 1 unspecified atom stereocenters. The van der Waals surface area contributed by atoms with Gasteiger partial charge >= 0.3 is 5.97 Å². The zero-order valence-electron chi connectivity index (χ0n) is 9.95. The van der Waals surface area contributed by atoms with Crippen molar-refractivity contribution in [2.24, 2.45) is 0 Å². The van der Waals surface area contributed by atoms with E-state index >= 15 is 0 Å². The molecule has 0 spiro atoms. The summed E-state index contributed by atoms with van der Waals surface area (Å²) < 4.78 is 0. The first-order valence-electron chi connectivity index (χ1n) is 5.76. The summed E-state index contributed by atoms with van der Waals surface area (Å²) in [6.07, 6.45) is 2.34. The number of amides is 1. The fourth-order valence-corrected chi connectivity index (χ4v) is 2.01. The molecule has 5 nitrogen and oxygen atoms in total. The average Bonchev–Trinajstić information content (AvgIpc) is 2.59. The van der Waals surface area contributed by atoms with Gasteiger partial charge in [0.25, 0.3) is 0 Å². The molecule has 0 aliphatic carbocycles. The van der Waals surface area contributed by atoms with E-state index in [9.17, 15) is 9.59 Å². The summed E-state index contributed by atoms with van der Waals surface area (Å²) in [6, 6.07) is 0. The van der Waals surface area contributed by atoms with Crippen LogP contribution in [0.2, 0.25) is 0 Å². The quantitative estimate of drug-likeness (QED) is 0.717. The van der Waals surface area contributed by atoms with Gasteiger partial charge in [0.1, 0.15) is 5.54 Å². The number of carbonyl (C=O) groups is 2. The first kappa shape index (κ1) is 13.0. The molecular formula is C11H20N2O3. The highest BCUT2D eigenvalue weighted by Crippen LogP contribution is 2.28. The van der Waals surface area contributed by atoms with Crippen LogP contribution in [0.3, 0.4) is 0 Å². The third kappa shape index (κ3) is 2.72. The molecule has 0 bridgehead atoms. The second kappa shape index (κ2) is 5.30. The number of carboxylic acid groups (broad SMARTS) is 1. The van der Waals surface area contributed by atoms with Crippen LogP contribution in [0.15, 0.2) is 0 Å². The number of likely N-dealkylation sites (tertiary alicyclic amines) is 1. The number of carbonyl (C=O) groups excluding carboxylic acids is 1. The maximum atomic E-state index is 11.5. The van der Waals surface area contributed by atoms with Crippen molar-refractivity contribution in [2.45, 2.75) is 38.6 Å². The first-order chi connectivity index (χ1) is 7.50. The molecule has 0 saturated carbocycles. The van der Waals surface area contributed by atoms with Crippen LogP contribution in [0.1, 0.15) is 33.1 Å². The maximum absolute atomic E-state index is 11.5. The second-order valence-electron chi connectivity index (χ2n) is 4.45. The fraction of sp³-hybridized carbons (Fsp3) is 0.818. The van der Waals surface area contributed by atoms with Gasteiger partial charge in [-0.05, 0) is 32.7 Å². The molecule has 92 valence electrons. The predicted octanol–water partition coefficient (Wildman–Crippen LogP) is 0.452. The number of hydrogen-bond acceptors (Lipinski definition) is 3. The monoisotopic (exact) mass is 228 g/mol. The van der Waals surface area contributed by atoms with Crippen molar-refractivity contribution in [1.29, 1.82) is 0 Å². The van der Waals surface area contributed by atoms with E-state index in [0.29, 0.717) is 19.5 Å². The van der Waals surface area contributed by atoms with Gasteiger partial charge in [0, 0.05) is 6.54 Å². The van der Waals surface area contributed by atoms with Crippen LogP contribution < -0.4 is 5.32 Å².